The van der Waals surface area contributed by atoms with Gasteiger partial charge < -0.3 is 14.4 Å². The highest BCUT2D eigenvalue weighted by Gasteiger charge is 2.54. The number of aromatic nitrogens is 2. The summed E-state index contributed by atoms with van der Waals surface area (Å²) in [6.45, 7) is 4.66. The van der Waals surface area contributed by atoms with Crippen molar-refractivity contribution >= 4 is 218 Å². The fourth-order valence-electron chi connectivity index (χ4n) is 11.8. The van der Waals surface area contributed by atoms with Crippen molar-refractivity contribution in [2.24, 2.45) is 0 Å². The average molecular weight is 903 g/mol. The van der Waals surface area contributed by atoms with E-state index in [9.17, 15) is 22.4 Å². The van der Waals surface area contributed by atoms with Gasteiger partial charge in [-0.3, -0.25) is 9.59 Å². The van der Waals surface area contributed by atoms with Crippen LogP contribution in [0.3, 0.4) is 0 Å². The van der Waals surface area contributed by atoms with Gasteiger partial charge in [0, 0.05) is 23.4 Å². The smallest absolute Gasteiger partial charge is 0.348 e. The number of nitrogens with zero attached hydrogens (tertiary/aromatic N) is 4. The second-order valence-electron chi connectivity index (χ2n) is 23.3. The first-order valence-electron chi connectivity index (χ1n) is 23.8. The van der Waals surface area contributed by atoms with Crippen LogP contribution >= 0.6 is 11.8 Å². The largest absolute Gasteiger partial charge is 0.415 e. The number of carbonyl (C=O) groups excluding carboxylic acids is 1. The van der Waals surface area contributed by atoms with Gasteiger partial charge in [-0.1, -0.05) is 81.4 Å². The molecule has 3 aromatic carbocycles. The third-order valence-electron chi connectivity index (χ3n) is 15.6. The Balaban J connectivity index is 1.82. The molecular weight excluding hydrogens is 845 g/mol. The Morgan fingerprint density at radius 2 is 1.13 bits per heavy atom. The molecule has 0 fully saturated rings. The van der Waals surface area contributed by atoms with Crippen LogP contribution in [0.25, 0.3) is 11.1 Å². The van der Waals surface area contributed by atoms with Crippen LogP contribution in [0, 0.1) is 5.82 Å². The topological polar surface area (TPSA) is 58.4 Å². The van der Waals surface area contributed by atoms with Crippen molar-refractivity contribution in [3.63, 3.8) is 0 Å². The first-order chi connectivity index (χ1) is 30.3. The maximum atomic E-state index is 16.5. The van der Waals surface area contributed by atoms with Crippen molar-refractivity contribution in [3.8, 4) is 11.1 Å². The van der Waals surface area contributed by atoms with Crippen molar-refractivity contribution in [2.45, 2.75) is 82.2 Å². The molecule has 67 heavy (non-hydrogen) atoms. The number of hydrogen-bond donors (Lipinski definition) is 0. The highest BCUT2D eigenvalue weighted by molar-refractivity contribution is 8.02. The van der Waals surface area contributed by atoms with E-state index in [0.717, 1.165) is 56.2 Å². The predicted octanol–water partition coefficient (Wildman–Crippen LogP) is -19.3. The standard InChI is InChI=1S/C36H58B20F4N4O2S/c1-30(45,46)64(31(2,47)48)36(55,56)35(53,54)62(10-14-19(37)21(39)16(22(40)20(14)38)17-23(41)25(43)18(34(58,59)60)26(44)24(17)42)28(66)32(49,50)63-15-5-3-4-13(15)27(65)61-29(63)67-33(51,52)11-6-8-12(57)9-7-11/h6-9H,3-5,10,37-56H2,1-2H3. The molecule has 6 nitrogen and oxygen atoms in total. The van der Waals surface area contributed by atoms with E-state index in [-0.39, 0.29) is 45.4 Å². The van der Waals surface area contributed by atoms with E-state index in [1.54, 1.807) is 43.5 Å². The lowest BCUT2D eigenvalue weighted by Crippen LogP contribution is -2.82. The fourth-order valence-corrected chi connectivity index (χ4v) is 13.1. The molecular formula is C36H58B20F4N4O2S. The average Bonchev–Trinajstić information content (AvgIpc) is 3.66. The Labute approximate surface area is 419 Å². The van der Waals surface area contributed by atoms with Crippen LogP contribution in [-0.2, 0) is 40.2 Å². The number of fused-ring (bicyclic) bond motifs is 1. The van der Waals surface area contributed by atoms with E-state index < -0.39 is 32.3 Å². The van der Waals surface area contributed by atoms with Gasteiger partial charge in [-0.05, 0) is 79.5 Å². The van der Waals surface area contributed by atoms with E-state index in [4.69, 9.17) is 4.98 Å². The van der Waals surface area contributed by atoms with Crippen LogP contribution in [-0.4, -0.2) is 204 Å². The number of carbonyl (C=O) groups is 1. The van der Waals surface area contributed by atoms with E-state index in [1.807, 2.05) is 40.9 Å². The summed E-state index contributed by atoms with van der Waals surface area (Å²) in [5.41, 5.74) is 9.74. The number of alkyl halides is 3. The molecule has 0 radical (unpaired) electrons. The summed E-state index contributed by atoms with van der Waals surface area (Å²) < 4.78 is 59.0. The minimum atomic E-state index is -4.48. The quantitative estimate of drug-likeness (QED) is 0.0579. The molecule has 0 bridgehead atoms. The molecule has 0 saturated heterocycles. The number of amides is 1. The lowest BCUT2D eigenvalue weighted by Gasteiger charge is -2.65. The van der Waals surface area contributed by atoms with Gasteiger partial charge in [-0.15, -0.1) is 0 Å². The number of thioether (sulfide) groups is 1. The number of rotatable bonds is 13. The monoisotopic (exact) mass is 907 g/mol. The molecule has 328 valence electrons. The van der Waals surface area contributed by atoms with Crippen LogP contribution < -0.4 is 49.3 Å². The Bertz CT molecular complexity index is 2640. The number of benzene rings is 3. The highest BCUT2D eigenvalue weighted by atomic mass is 32.2. The molecule has 1 aliphatic rings. The van der Waals surface area contributed by atoms with Gasteiger partial charge in [0.1, 0.15) is 163 Å². The lowest BCUT2D eigenvalue weighted by molar-refractivity contribution is -0.138. The Hall–Kier alpha value is -2.66. The third-order valence-corrected chi connectivity index (χ3v) is 16.8. The van der Waals surface area contributed by atoms with Crippen molar-refractivity contribution in [2.75, 3.05) is 0 Å². The van der Waals surface area contributed by atoms with Crippen LogP contribution in [0.4, 0.5) is 17.6 Å². The first-order valence-corrected chi connectivity index (χ1v) is 24.6. The van der Waals surface area contributed by atoms with E-state index >= 15 is 4.79 Å². The summed E-state index contributed by atoms with van der Waals surface area (Å²) in [6.07, 6.45) is -2.52. The SMILES string of the molecule is Bc1c(B)c(-c2c(B)c(B)c(C(F)(F)F)c(B)c2B)c(B)c(B)c1CN(C(=O)C(B)(B)n1c(SC(B)(B)c2ccc(F)cc2)nc(=O)c2c1CCC2)C(B)(B)C(B)(B)N(C(B)(B)C)C(B)(B)C. The van der Waals surface area contributed by atoms with Crippen molar-refractivity contribution in [1.82, 2.24) is 19.4 Å². The zero-order valence-corrected chi connectivity index (χ0v) is 45.5. The van der Waals surface area contributed by atoms with Crippen molar-refractivity contribution in [3.05, 3.63) is 68.4 Å². The van der Waals surface area contributed by atoms with Crippen LogP contribution in [0.15, 0.2) is 34.2 Å². The summed E-state index contributed by atoms with van der Waals surface area (Å²) in [7, 11) is 40.5. The molecule has 1 amide bonds. The molecule has 0 aliphatic heterocycles. The second kappa shape index (κ2) is 18.5. The zero-order chi connectivity index (χ0) is 51.3. The minimum absolute atomic E-state index is 0.145. The molecule has 0 N–H and O–H groups in total. The number of hydrogen-bond acceptors (Lipinski definition) is 5. The van der Waals surface area contributed by atoms with Crippen LogP contribution in [0.5, 0.6) is 0 Å². The van der Waals surface area contributed by atoms with Gasteiger partial charge in [0.05, 0.1) is 5.34 Å². The molecule has 0 atom stereocenters. The highest BCUT2D eigenvalue weighted by Crippen LogP contribution is 2.40. The Morgan fingerprint density at radius 3 is 1.57 bits per heavy atom. The fraction of sp³-hybridized carbons (Fsp3) is 0.361. The van der Waals surface area contributed by atoms with Crippen LogP contribution in [0.2, 0.25) is 0 Å². The maximum absolute atomic E-state index is 16.5. The molecule has 1 aliphatic carbocycles. The first kappa shape index (κ1) is 55.3. The second-order valence-corrected chi connectivity index (χ2v) is 24.9. The molecule has 1 heterocycles. The Kier molecular flexibility index (Phi) is 15.3. The van der Waals surface area contributed by atoms with Gasteiger partial charge in [0.15, 0.2) is 5.16 Å². The summed E-state index contributed by atoms with van der Waals surface area (Å²) in [4.78, 5) is 39.7. The minimum Gasteiger partial charge on any atom is -0.348 e. The lowest BCUT2D eigenvalue weighted by atomic mass is 9.33. The van der Waals surface area contributed by atoms with Gasteiger partial charge in [-0.2, -0.15) is 18.2 Å². The summed E-state index contributed by atoms with van der Waals surface area (Å²) >= 11 is 1.40. The van der Waals surface area contributed by atoms with Gasteiger partial charge >= 0.3 is 6.18 Å². The molecule has 31 heteroatoms. The van der Waals surface area contributed by atoms with Gasteiger partial charge in [0.2, 0.25) is 5.91 Å². The molecule has 1 aromatic heterocycles. The van der Waals surface area contributed by atoms with Gasteiger partial charge in [0.25, 0.3) is 5.56 Å². The molecule has 0 unspecified atom stereocenters. The predicted molar refractivity (Wildman–Crippen MR) is 332 cm³/mol. The summed E-state index contributed by atoms with van der Waals surface area (Å²) in [6, 6.07) is 6.36. The summed E-state index contributed by atoms with van der Waals surface area (Å²) in [5.74, 6) is -0.486. The molecule has 4 aromatic rings. The van der Waals surface area contributed by atoms with Gasteiger partial charge in [-0.25, -0.2) is 4.39 Å². The molecule has 0 saturated carbocycles. The normalized spacial score (nSPS) is 14.0. The van der Waals surface area contributed by atoms with Crippen molar-refractivity contribution in [1.29, 1.82) is 0 Å². The molecule has 5 rings (SSSR count). The van der Waals surface area contributed by atoms with E-state index in [1.165, 1.54) is 23.9 Å². The summed E-state index contributed by atoms with van der Waals surface area (Å²) in [5, 5.41) is -3.01. The Morgan fingerprint density at radius 1 is 0.687 bits per heavy atom. The van der Waals surface area contributed by atoms with Crippen molar-refractivity contribution < 1.29 is 22.4 Å². The molecule has 0 spiro atoms. The number of halogens is 4. The third kappa shape index (κ3) is 9.88. The van der Waals surface area contributed by atoms with E-state index in [0.29, 0.717) is 34.5 Å². The van der Waals surface area contributed by atoms with E-state index in [2.05, 4.69) is 113 Å². The van der Waals surface area contributed by atoms with Crippen LogP contribution in [0.1, 0.15) is 48.2 Å². The zero-order valence-electron chi connectivity index (χ0n) is 44.7. The maximum Gasteiger partial charge on any atom is 0.415 e.